The average Bonchev–Trinajstić information content (AvgIpc) is 3.85. The van der Waals surface area contributed by atoms with Crippen LogP contribution in [-0.4, -0.2) is 123 Å². The molecule has 1 saturated carbocycles. The first-order valence-corrected chi connectivity index (χ1v) is 25.7. The topological polar surface area (TPSA) is 225 Å². The summed E-state index contributed by atoms with van der Waals surface area (Å²) in [5.74, 6) is -1.37. The van der Waals surface area contributed by atoms with Crippen LogP contribution in [0.1, 0.15) is 69.2 Å². The molecular formula is C50H51ClN6O11S2. The van der Waals surface area contributed by atoms with Crippen molar-refractivity contribution < 1.29 is 52.1 Å². The maximum absolute atomic E-state index is 13.8. The summed E-state index contributed by atoms with van der Waals surface area (Å²) in [6.07, 6.45) is 3.69. The van der Waals surface area contributed by atoms with E-state index in [2.05, 4.69) is 33.3 Å². The Bertz CT molecular complexity index is 3020. The maximum Gasteiger partial charge on any atom is 0.341 e. The zero-order valence-corrected chi connectivity index (χ0v) is 40.5. The quantitative estimate of drug-likeness (QED) is 0.0461. The van der Waals surface area contributed by atoms with Crippen LogP contribution in [0.2, 0.25) is 5.02 Å². The fourth-order valence-electron chi connectivity index (χ4n) is 10.6. The SMILES string of the molecule is C=Nc1cc(CS(=O)(=O)N2CC3CC(C2)C3Nc2cccc(-c3sc(C=O)c(OCC(=O)O)c3Cl)c2)ccc1OCN1CCC(c2ccc3c4c(cccc24)C(=O)N3C2CCC(=O)NC2=O)CC1.CO. The normalized spacial score (nSPS) is 21.4. The minimum absolute atomic E-state index is 0.0420. The van der Waals surface area contributed by atoms with Crippen LogP contribution < -0.4 is 25.0 Å². The number of ether oxygens (including phenoxy) is 2. The van der Waals surface area contributed by atoms with E-state index in [-0.39, 0.29) is 69.9 Å². The second kappa shape index (κ2) is 20.2. The lowest BCUT2D eigenvalue weighted by Crippen LogP contribution is -2.62. The molecule has 3 atom stereocenters. The van der Waals surface area contributed by atoms with E-state index in [0.29, 0.717) is 59.2 Å². The first-order valence-electron chi connectivity index (χ1n) is 22.9. The maximum atomic E-state index is 13.8. The molecule has 5 fully saturated rings. The molecule has 2 bridgehead atoms. The van der Waals surface area contributed by atoms with Crippen LogP contribution in [0.25, 0.3) is 21.2 Å². The van der Waals surface area contributed by atoms with E-state index in [1.165, 1.54) is 0 Å². The molecule has 366 valence electrons. The van der Waals surface area contributed by atoms with Gasteiger partial charge < -0.3 is 25.0 Å². The number of carboxylic acid groups (broad SMARTS) is 1. The first-order chi connectivity index (χ1) is 33.8. The number of aldehydes is 1. The number of amides is 3. The van der Waals surface area contributed by atoms with Crippen molar-refractivity contribution in [3.63, 3.8) is 0 Å². The molecule has 5 aliphatic heterocycles. The van der Waals surface area contributed by atoms with Crippen LogP contribution in [-0.2, 0) is 30.2 Å². The summed E-state index contributed by atoms with van der Waals surface area (Å²) in [6, 6.07) is 21.8. The van der Waals surface area contributed by atoms with Crippen LogP contribution in [0, 0.1) is 11.8 Å². The molecule has 70 heavy (non-hydrogen) atoms. The molecule has 6 aliphatic rings. The summed E-state index contributed by atoms with van der Waals surface area (Å²) < 4.78 is 40.8. The minimum atomic E-state index is -3.66. The fourth-order valence-corrected chi connectivity index (χ4v) is 13.6. The second-order valence-electron chi connectivity index (χ2n) is 18.0. The Kier molecular flexibility index (Phi) is 14.1. The molecule has 0 spiro atoms. The lowest BCUT2D eigenvalue weighted by atomic mass is 9.67. The Hall–Kier alpha value is -6.22. The number of halogens is 1. The molecule has 3 amide bonds. The fraction of sp³-hybridized carbons (Fsp3) is 0.360. The zero-order valence-electron chi connectivity index (χ0n) is 38.1. The van der Waals surface area contributed by atoms with Gasteiger partial charge in [-0.25, -0.2) is 17.5 Å². The largest absolute Gasteiger partial charge is 0.479 e. The molecule has 20 heteroatoms. The van der Waals surface area contributed by atoms with E-state index < -0.39 is 34.5 Å². The van der Waals surface area contributed by atoms with Gasteiger partial charge in [-0.3, -0.25) is 39.3 Å². The number of rotatable bonds is 16. The summed E-state index contributed by atoms with van der Waals surface area (Å²) in [5, 5.41) is 24.0. The summed E-state index contributed by atoms with van der Waals surface area (Å²) in [5.41, 5.74) is 5.02. The number of anilines is 2. The highest BCUT2D eigenvalue weighted by Gasteiger charge is 2.49. The van der Waals surface area contributed by atoms with Gasteiger partial charge >= 0.3 is 5.97 Å². The van der Waals surface area contributed by atoms with Gasteiger partial charge in [0, 0.05) is 62.4 Å². The van der Waals surface area contributed by atoms with Gasteiger partial charge in [-0.2, -0.15) is 0 Å². The lowest BCUT2D eigenvalue weighted by Gasteiger charge is -2.53. The highest BCUT2D eigenvalue weighted by Crippen LogP contribution is 2.48. The third-order valence-corrected chi connectivity index (χ3v) is 17.3. The van der Waals surface area contributed by atoms with Crippen LogP contribution in [0.3, 0.4) is 0 Å². The smallest absolute Gasteiger partial charge is 0.341 e. The monoisotopic (exact) mass is 1010 g/mol. The van der Waals surface area contributed by atoms with Gasteiger partial charge in [0.05, 0.1) is 16.3 Å². The number of fused-ring (bicyclic) bond motifs is 2. The van der Waals surface area contributed by atoms with Crippen molar-refractivity contribution >= 4 is 97.5 Å². The number of hydrogen-bond acceptors (Lipinski definition) is 14. The minimum Gasteiger partial charge on any atom is -0.479 e. The molecule has 17 nitrogen and oxygen atoms in total. The number of aliphatic imine (C=N–C) groups is 1. The number of nitrogens with one attached hydrogen (secondary N) is 2. The highest BCUT2D eigenvalue weighted by molar-refractivity contribution is 7.88. The molecule has 1 aliphatic carbocycles. The van der Waals surface area contributed by atoms with Crippen molar-refractivity contribution in [3.05, 3.63) is 99.4 Å². The number of imide groups is 1. The van der Waals surface area contributed by atoms with Gasteiger partial charge in [0.15, 0.2) is 18.6 Å². The number of aliphatic hydroxyl groups is 1. The van der Waals surface area contributed by atoms with Crippen LogP contribution in [0.15, 0.2) is 77.8 Å². The van der Waals surface area contributed by atoms with Crippen LogP contribution in [0.4, 0.5) is 17.1 Å². The summed E-state index contributed by atoms with van der Waals surface area (Å²) in [7, 11) is -2.66. The second-order valence-corrected chi connectivity index (χ2v) is 21.4. The van der Waals surface area contributed by atoms with E-state index >= 15 is 0 Å². The van der Waals surface area contributed by atoms with E-state index in [0.717, 1.165) is 78.4 Å². The third kappa shape index (κ3) is 9.40. The zero-order chi connectivity index (χ0) is 49.4. The molecule has 5 aromatic rings. The van der Waals surface area contributed by atoms with Crippen molar-refractivity contribution in [3.8, 4) is 21.9 Å². The molecule has 4 aromatic carbocycles. The van der Waals surface area contributed by atoms with Crippen LogP contribution in [0.5, 0.6) is 11.5 Å². The van der Waals surface area contributed by atoms with E-state index in [1.54, 1.807) is 33.5 Å². The Morgan fingerprint density at radius 1 is 1.00 bits per heavy atom. The van der Waals surface area contributed by atoms with Crippen molar-refractivity contribution in [2.45, 2.75) is 55.9 Å². The number of carbonyl (C=O) groups is 5. The number of sulfonamides is 1. The lowest BCUT2D eigenvalue weighted by molar-refractivity contribution is -0.139. The Morgan fingerprint density at radius 3 is 2.47 bits per heavy atom. The van der Waals surface area contributed by atoms with Crippen molar-refractivity contribution in [1.29, 1.82) is 0 Å². The van der Waals surface area contributed by atoms with Gasteiger partial charge in [-0.05, 0) is 109 Å². The standard InChI is InChI=1S/C49H47ClN6O10S2.CH4O/c1-51-36-18-27(25-68(63,64)55-21-30-19-31(22-55)45(30)52-32-5-2-4-29(20-32)47-44(50)46(40(23-57)67-47)65-24-42(59)60)8-12-39(36)66-26-54-16-14-28(15-17-54)33-9-10-37-43-34(33)6-3-7-35(43)49(62)56(37)38-11-13-41(58)53-48(38)61;1-2/h2-10,12,18,20,23,28,30-31,38,45,52H,1,11,13-17,19,21-22,24-26H2,(H,59,60)(H,53,58,61);2H,1H3. The number of aliphatic carboxylic acids is 1. The van der Waals surface area contributed by atoms with Gasteiger partial charge in [0.1, 0.15) is 34.1 Å². The predicted octanol–water partition coefficient (Wildman–Crippen LogP) is 6.68. The molecule has 1 aromatic heterocycles. The van der Waals surface area contributed by atoms with Gasteiger partial charge in [0.25, 0.3) is 5.91 Å². The predicted molar refractivity (Wildman–Crippen MR) is 266 cm³/mol. The van der Waals surface area contributed by atoms with E-state index in [4.69, 9.17) is 31.3 Å². The molecule has 6 heterocycles. The number of nitrogens with zero attached hydrogens (tertiary/aromatic N) is 4. The highest BCUT2D eigenvalue weighted by atomic mass is 35.5. The van der Waals surface area contributed by atoms with Crippen molar-refractivity contribution in [1.82, 2.24) is 14.5 Å². The van der Waals surface area contributed by atoms with Crippen LogP contribution >= 0.6 is 22.9 Å². The van der Waals surface area contributed by atoms with Gasteiger partial charge in [-0.1, -0.05) is 48.0 Å². The summed E-state index contributed by atoms with van der Waals surface area (Å²) in [4.78, 5) is 69.8. The number of aliphatic hydroxyl groups excluding tert-OH is 1. The number of carbonyl (C=O) groups excluding carboxylic acids is 4. The number of piperidine rings is 4. The average molecular weight is 1010 g/mol. The van der Waals surface area contributed by atoms with E-state index in [9.17, 15) is 32.4 Å². The van der Waals surface area contributed by atoms with Crippen molar-refractivity contribution in [2.24, 2.45) is 16.8 Å². The third-order valence-electron chi connectivity index (χ3n) is 13.9. The molecule has 4 saturated heterocycles. The molecule has 11 rings (SSSR count). The molecular weight excluding hydrogens is 960 g/mol. The Balaban J connectivity index is 0.00000300. The Morgan fingerprint density at radius 2 is 1.76 bits per heavy atom. The number of carboxylic acids is 1. The molecule has 4 N–H and O–H groups in total. The number of thiophene rings is 1. The number of benzene rings is 4. The Labute approximate surface area is 413 Å². The molecule has 0 radical (unpaired) electrons. The number of likely N-dealkylation sites (tertiary alicyclic amines) is 1. The van der Waals surface area contributed by atoms with Gasteiger partial charge in [-0.15, -0.1) is 11.3 Å². The van der Waals surface area contributed by atoms with Crippen molar-refractivity contribution in [2.75, 3.05) is 56.8 Å². The summed E-state index contributed by atoms with van der Waals surface area (Å²) >= 11 is 7.68. The number of hydrogen-bond donors (Lipinski definition) is 4. The first kappa shape index (κ1) is 48.8. The summed E-state index contributed by atoms with van der Waals surface area (Å²) in [6.45, 7) is 5.73. The molecule has 3 unspecified atom stereocenters. The van der Waals surface area contributed by atoms with Gasteiger partial charge in [0.2, 0.25) is 21.8 Å². The van der Waals surface area contributed by atoms with E-state index in [1.807, 2.05) is 42.5 Å².